The van der Waals surface area contributed by atoms with Crippen LogP contribution in [0.3, 0.4) is 0 Å². The van der Waals surface area contributed by atoms with Gasteiger partial charge in [-0.15, -0.1) is 0 Å². The lowest BCUT2D eigenvalue weighted by atomic mass is 10.2. The van der Waals surface area contributed by atoms with E-state index in [1.165, 1.54) is 12.3 Å². The van der Waals surface area contributed by atoms with Crippen LogP contribution in [-0.2, 0) is 16.1 Å². The summed E-state index contributed by atoms with van der Waals surface area (Å²) in [6, 6.07) is 6.93. The fraction of sp³-hybridized carbons (Fsp3) is 0.400. The number of halogens is 1. The second kappa shape index (κ2) is 12.8. The maximum Gasteiger partial charge on any atom is 0.165 e. The van der Waals surface area contributed by atoms with Gasteiger partial charge in [-0.25, -0.2) is 4.39 Å². The first-order valence-electron chi connectivity index (χ1n) is 8.58. The van der Waals surface area contributed by atoms with E-state index in [9.17, 15) is 9.18 Å². The van der Waals surface area contributed by atoms with E-state index in [2.05, 4.69) is 16.5 Å². The third-order valence-corrected chi connectivity index (χ3v) is 3.72. The maximum absolute atomic E-state index is 13.3. The van der Waals surface area contributed by atoms with E-state index in [-0.39, 0.29) is 25.1 Å². The van der Waals surface area contributed by atoms with Gasteiger partial charge in [0.05, 0.1) is 6.61 Å². The molecule has 0 aromatic heterocycles. The van der Waals surface area contributed by atoms with Crippen LogP contribution in [0, 0.1) is 0 Å². The number of carbonyl (C=O) groups excluding carboxylic acids is 1. The molecule has 1 N–H and O–H groups in total. The molecule has 7 heteroatoms. The molecule has 1 saturated heterocycles. The van der Waals surface area contributed by atoms with Gasteiger partial charge in [0.1, 0.15) is 24.2 Å². The van der Waals surface area contributed by atoms with Crippen LogP contribution in [0.4, 0.5) is 4.39 Å². The van der Waals surface area contributed by atoms with E-state index in [0.29, 0.717) is 12.0 Å². The van der Waals surface area contributed by atoms with Crippen molar-refractivity contribution in [2.45, 2.75) is 19.1 Å². The quantitative estimate of drug-likeness (QED) is 0.326. The van der Waals surface area contributed by atoms with Crippen molar-refractivity contribution < 1.29 is 23.8 Å². The van der Waals surface area contributed by atoms with Crippen molar-refractivity contribution in [3.63, 3.8) is 0 Å². The Labute approximate surface area is 159 Å². The average Bonchev–Trinajstić information content (AvgIpc) is 3.09. The highest BCUT2D eigenvalue weighted by Gasteiger charge is 2.21. The normalized spacial score (nSPS) is 17.3. The van der Waals surface area contributed by atoms with Crippen LogP contribution in [-0.4, -0.2) is 62.4 Å². The van der Waals surface area contributed by atoms with E-state index >= 15 is 0 Å². The molecular weight excluding hydrogens is 351 g/mol. The molecule has 0 spiro atoms. The Bertz CT molecular complexity index is 644. The number of aliphatic hydroxyl groups is 1. The summed E-state index contributed by atoms with van der Waals surface area (Å²) in [6.07, 6.45) is 4.30. The first-order chi connectivity index (χ1) is 13.0. The highest BCUT2D eigenvalue weighted by Crippen LogP contribution is 2.18. The van der Waals surface area contributed by atoms with Gasteiger partial charge >= 0.3 is 0 Å². The van der Waals surface area contributed by atoms with Crippen LogP contribution in [0.2, 0.25) is 0 Å². The Kier molecular flexibility index (Phi) is 10.7. The zero-order valence-electron chi connectivity index (χ0n) is 15.8. The number of hydrogen-bond acceptors (Lipinski definition) is 6. The van der Waals surface area contributed by atoms with E-state index in [1.807, 2.05) is 7.05 Å². The highest BCUT2D eigenvalue weighted by molar-refractivity contribution is 5.72. The molecule has 1 aliphatic rings. The van der Waals surface area contributed by atoms with Crippen molar-refractivity contribution >= 4 is 12.5 Å². The summed E-state index contributed by atoms with van der Waals surface area (Å²) in [4.78, 5) is 15.7. The number of aliphatic imine (C=N–C) groups is 1. The molecule has 148 valence electrons. The van der Waals surface area contributed by atoms with Gasteiger partial charge in [-0.2, -0.15) is 0 Å². The summed E-state index contributed by atoms with van der Waals surface area (Å²) in [5.74, 6) is 0.268. The average molecular weight is 378 g/mol. The molecule has 0 bridgehead atoms. The van der Waals surface area contributed by atoms with Crippen LogP contribution in [0.1, 0.15) is 12.0 Å². The van der Waals surface area contributed by atoms with Gasteiger partial charge in [0, 0.05) is 26.4 Å². The molecule has 0 aliphatic carbocycles. The van der Waals surface area contributed by atoms with Gasteiger partial charge in [-0.3, -0.25) is 9.79 Å². The molecule has 0 radical (unpaired) electrons. The maximum atomic E-state index is 13.3. The number of nitrogens with zero attached hydrogens (tertiary/aromatic N) is 2. The van der Waals surface area contributed by atoms with Crippen LogP contribution >= 0.6 is 0 Å². The molecule has 1 aromatic carbocycles. The minimum atomic E-state index is -0.463. The number of hydrogen-bond donors (Lipinski definition) is 1. The first-order valence-corrected chi connectivity index (χ1v) is 8.58. The molecule has 1 heterocycles. The van der Waals surface area contributed by atoms with Gasteiger partial charge in [-0.1, -0.05) is 18.7 Å². The van der Waals surface area contributed by atoms with Crippen LogP contribution in [0.25, 0.3) is 0 Å². The number of aldehydes is 1. The summed E-state index contributed by atoms with van der Waals surface area (Å²) in [6.45, 7) is 5.45. The number of allylic oxidation sites excluding steroid dienone is 2. The Hall–Kier alpha value is -2.51. The molecule has 1 aromatic rings. The summed E-state index contributed by atoms with van der Waals surface area (Å²) < 4.78 is 23.7. The van der Waals surface area contributed by atoms with Crippen molar-refractivity contribution in [2.75, 3.05) is 33.8 Å². The van der Waals surface area contributed by atoms with Gasteiger partial charge in [-0.05, 0) is 37.2 Å². The Morgan fingerprint density at radius 2 is 2.15 bits per heavy atom. The van der Waals surface area contributed by atoms with E-state index in [0.717, 1.165) is 25.1 Å². The van der Waals surface area contributed by atoms with Crippen molar-refractivity contribution in [3.8, 4) is 5.75 Å². The fourth-order valence-electron chi connectivity index (χ4n) is 2.30. The largest absolute Gasteiger partial charge is 0.487 e. The number of benzene rings is 1. The van der Waals surface area contributed by atoms with Gasteiger partial charge in [0.25, 0.3) is 0 Å². The topological polar surface area (TPSA) is 71.4 Å². The first kappa shape index (κ1) is 22.5. The van der Waals surface area contributed by atoms with Crippen molar-refractivity contribution in [1.29, 1.82) is 0 Å². The number of ether oxygens (including phenoxy) is 2. The standard InChI is InChI=1S/C11H17FN2O.C9H10O3/c1-9(11(12)4-6-13-2)15-10-5-7-14(3)8-10;10-5-6-12-9-3-1-8(7-11)2-4-9/h4,6,10H,1,5,7-8H2,2-3H3;1-5,11H,6-7H2/b11-4+,13-6?;. The molecule has 1 unspecified atom stereocenters. The minimum absolute atomic E-state index is 0.0218. The zero-order valence-corrected chi connectivity index (χ0v) is 15.8. The molecule has 0 amide bonds. The molecule has 6 nitrogen and oxygen atoms in total. The molecular formula is C20H27FN2O4. The van der Waals surface area contributed by atoms with Crippen LogP contribution in [0.15, 0.2) is 53.5 Å². The highest BCUT2D eigenvalue weighted by atomic mass is 19.1. The Morgan fingerprint density at radius 3 is 2.67 bits per heavy atom. The summed E-state index contributed by atoms with van der Waals surface area (Å²) in [5, 5.41) is 8.71. The van der Waals surface area contributed by atoms with Gasteiger partial charge < -0.3 is 19.5 Å². The van der Waals surface area contributed by atoms with Crippen molar-refractivity contribution in [1.82, 2.24) is 4.90 Å². The minimum Gasteiger partial charge on any atom is -0.487 e. The predicted molar refractivity (Wildman–Crippen MR) is 104 cm³/mol. The third-order valence-electron chi connectivity index (χ3n) is 3.72. The van der Waals surface area contributed by atoms with E-state index in [4.69, 9.17) is 14.6 Å². The summed E-state index contributed by atoms with van der Waals surface area (Å²) in [5.41, 5.74) is 0.827. The lowest BCUT2D eigenvalue weighted by Gasteiger charge is -2.14. The smallest absolute Gasteiger partial charge is 0.165 e. The monoisotopic (exact) mass is 378 g/mol. The molecule has 2 rings (SSSR count). The van der Waals surface area contributed by atoms with E-state index < -0.39 is 5.83 Å². The van der Waals surface area contributed by atoms with Gasteiger partial charge in [0.2, 0.25) is 0 Å². The number of carbonyl (C=O) groups is 1. The van der Waals surface area contributed by atoms with Crippen LogP contribution in [0.5, 0.6) is 5.75 Å². The fourth-order valence-corrected chi connectivity index (χ4v) is 2.30. The molecule has 0 saturated carbocycles. The lowest BCUT2D eigenvalue weighted by Crippen LogP contribution is -2.18. The van der Waals surface area contributed by atoms with Gasteiger partial charge in [0.15, 0.2) is 12.1 Å². The Morgan fingerprint density at radius 1 is 1.44 bits per heavy atom. The van der Waals surface area contributed by atoms with Crippen LogP contribution < -0.4 is 4.74 Å². The predicted octanol–water partition coefficient (Wildman–Crippen LogP) is 2.53. The third kappa shape index (κ3) is 9.12. The number of likely N-dealkylation sites (tertiary alicyclic amines) is 1. The number of aliphatic hydroxyl groups excluding tert-OH is 1. The van der Waals surface area contributed by atoms with Crippen molar-refractivity contribution in [2.24, 2.45) is 4.99 Å². The Balaban J connectivity index is 0.000000277. The molecule has 1 aliphatic heterocycles. The molecule has 1 atom stereocenters. The second-order valence-corrected chi connectivity index (χ2v) is 5.92. The number of rotatable bonds is 8. The van der Waals surface area contributed by atoms with Crippen molar-refractivity contribution in [3.05, 3.63) is 54.1 Å². The SMILES string of the molecule is C=C(OC1CCN(C)C1)/C(F)=C\C=NC.O=CCOc1ccc(CO)cc1. The number of likely N-dealkylation sites (N-methyl/N-ethyl adjacent to an activating group) is 1. The summed E-state index contributed by atoms with van der Waals surface area (Å²) in [7, 11) is 3.60. The molecule has 1 fully saturated rings. The van der Waals surface area contributed by atoms with E-state index in [1.54, 1.807) is 31.3 Å². The lowest BCUT2D eigenvalue weighted by molar-refractivity contribution is -0.109. The second-order valence-electron chi connectivity index (χ2n) is 5.92. The zero-order chi connectivity index (χ0) is 20.1. The summed E-state index contributed by atoms with van der Waals surface area (Å²) >= 11 is 0. The molecule has 27 heavy (non-hydrogen) atoms.